The van der Waals surface area contributed by atoms with E-state index in [0.29, 0.717) is 6.04 Å². The summed E-state index contributed by atoms with van der Waals surface area (Å²) < 4.78 is 1.24. The molecule has 0 aliphatic heterocycles. The van der Waals surface area contributed by atoms with Gasteiger partial charge in [0.25, 0.3) is 0 Å². The van der Waals surface area contributed by atoms with E-state index in [9.17, 15) is 0 Å². The normalized spacial score (nSPS) is 12.6. The minimum absolute atomic E-state index is 0.377. The number of nitrogens with one attached hydrogen (secondary N) is 1. The van der Waals surface area contributed by atoms with Crippen molar-refractivity contribution in [3.63, 3.8) is 0 Å². The Morgan fingerprint density at radius 1 is 1.14 bits per heavy atom. The Hall–Kier alpha value is -0.640. The highest BCUT2D eigenvalue weighted by Gasteiger charge is 2.16. The highest BCUT2D eigenvalue weighted by atomic mass is 79.9. The molecule has 0 amide bonds. The second-order valence-electron chi connectivity index (χ2n) is 5.41. The number of thiophene rings is 1. The van der Waals surface area contributed by atoms with E-state index in [0.717, 1.165) is 25.8 Å². The number of benzene rings is 1. The van der Waals surface area contributed by atoms with Gasteiger partial charge in [0.05, 0.1) is 0 Å². The first-order valence-corrected chi connectivity index (χ1v) is 9.32. The van der Waals surface area contributed by atoms with E-state index in [1.54, 1.807) is 0 Å². The second kappa shape index (κ2) is 8.11. The number of hydrogen-bond acceptors (Lipinski definition) is 2. The van der Waals surface area contributed by atoms with Gasteiger partial charge in [-0.2, -0.15) is 0 Å². The van der Waals surface area contributed by atoms with Gasteiger partial charge in [0.2, 0.25) is 0 Å². The van der Waals surface area contributed by atoms with Gasteiger partial charge in [-0.3, -0.25) is 0 Å². The predicted octanol–water partition coefficient (Wildman–Crippen LogP) is 5.66. The van der Waals surface area contributed by atoms with Crippen LogP contribution >= 0.6 is 27.3 Å². The van der Waals surface area contributed by atoms with Gasteiger partial charge in [-0.25, -0.2) is 0 Å². The molecule has 1 N–H and O–H groups in total. The van der Waals surface area contributed by atoms with Crippen molar-refractivity contribution in [2.24, 2.45) is 0 Å². The standard InChI is InChI=1S/C18H24BrNS/c1-4-11-20-17(12-15-10-9-14(5-2)21-15)16-8-6-7-13(3)18(16)19/h6-10,17,20H,4-5,11-12H2,1-3H3. The molecule has 0 aliphatic rings. The summed E-state index contributed by atoms with van der Waals surface area (Å²) in [5, 5.41) is 3.71. The van der Waals surface area contributed by atoms with Gasteiger partial charge < -0.3 is 5.32 Å². The number of rotatable bonds is 7. The minimum atomic E-state index is 0.377. The summed E-state index contributed by atoms with van der Waals surface area (Å²) in [4.78, 5) is 2.94. The number of hydrogen-bond donors (Lipinski definition) is 1. The maximum absolute atomic E-state index is 3.77. The van der Waals surface area contributed by atoms with Crippen LogP contribution in [0.3, 0.4) is 0 Å². The van der Waals surface area contributed by atoms with Crippen molar-refractivity contribution in [2.75, 3.05) is 6.54 Å². The van der Waals surface area contributed by atoms with Crippen LogP contribution in [0.25, 0.3) is 0 Å². The molecule has 1 nitrogen and oxygen atoms in total. The van der Waals surface area contributed by atoms with Gasteiger partial charge in [-0.15, -0.1) is 11.3 Å². The van der Waals surface area contributed by atoms with E-state index in [1.165, 1.54) is 25.4 Å². The monoisotopic (exact) mass is 365 g/mol. The van der Waals surface area contributed by atoms with Gasteiger partial charge in [0.1, 0.15) is 0 Å². The molecular formula is C18H24BrNS. The average molecular weight is 366 g/mol. The molecular weight excluding hydrogens is 342 g/mol. The van der Waals surface area contributed by atoms with Crippen molar-refractivity contribution >= 4 is 27.3 Å². The fraction of sp³-hybridized carbons (Fsp3) is 0.444. The Balaban J connectivity index is 2.23. The van der Waals surface area contributed by atoms with Crippen molar-refractivity contribution in [3.05, 3.63) is 55.7 Å². The predicted molar refractivity (Wildman–Crippen MR) is 97.3 cm³/mol. The highest BCUT2D eigenvalue weighted by molar-refractivity contribution is 9.10. The highest BCUT2D eigenvalue weighted by Crippen LogP contribution is 2.30. The molecule has 1 aromatic heterocycles. The van der Waals surface area contributed by atoms with Crippen molar-refractivity contribution in [1.29, 1.82) is 0 Å². The lowest BCUT2D eigenvalue weighted by molar-refractivity contribution is 0.530. The SMILES string of the molecule is CCCNC(Cc1ccc(CC)s1)c1cccc(C)c1Br. The molecule has 0 bridgehead atoms. The van der Waals surface area contributed by atoms with Crippen LogP contribution in [0.4, 0.5) is 0 Å². The topological polar surface area (TPSA) is 12.0 Å². The Kier molecular flexibility index (Phi) is 6.46. The molecule has 1 unspecified atom stereocenters. The molecule has 0 saturated carbocycles. The van der Waals surface area contributed by atoms with Gasteiger partial charge in [0.15, 0.2) is 0 Å². The lowest BCUT2D eigenvalue weighted by Gasteiger charge is -2.20. The average Bonchev–Trinajstić information content (AvgIpc) is 2.94. The van der Waals surface area contributed by atoms with Crippen LogP contribution in [0.1, 0.15) is 47.2 Å². The molecule has 0 fully saturated rings. The lowest BCUT2D eigenvalue weighted by Crippen LogP contribution is -2.24. The zero-order chi connectivity index (χ0) is 15.2. The maximum Gasteiger partial charge on any atom is 0.0380 e. The summed E-state index contributed by atoms with van der Waals surface area (Å²) in [6.07, 6.45) is 3.35. The smallest absolute Gasteiger partial charge is 0.0380 e. The van der Waals surface area contributed by atoms with Crippen LogP contribution < -0.4 is 5.32 Å². The molecule has 0 spiro atoms. The lowest BCUT2D eigenvalue weighted by atomic mass is 10.0. The molecule has 0 saturated heterocycles. The van der Waals surface area contributed by atoms with Gasteiger partial charge in [-0.1, -0.05) is 48.0 Å². The van der Waals surface area contributed by atoms with E-state index in [1.807, 2.05) is 11.3 Å². The van der Waals surface area contributed by atoms with Crippen molar-refractivity contribution in [1.82, 2.24) is 5.32 Å². The molecule has 1 atom stereocenters. The van der Waals surface area contributed by atoms with Crippen LogP contribution in [0.5, 0.6) is 0 Å². The molecule has 21 heavy (non-hydrogen) atoms. The number of aryl methyl sites for hydroxylation is 2. The minimum Gasteiger partial charge on any atom is -0.310 e. The largest absolute Gasteiger partial charge is 0.310 e. The van der Waals surface area contributed by atoms with Crippen molar-refractivity contribution in [3.8, 4) is 0 Å². The van der Waals surface area contributed by atoms with Crippen LogP contribution in [0, 0.1) is 6.92 Å². The summed E-state index contributed by atoms with van der Waals surface area (Å²) in [7, 11) is 0. The van der Waals surface area contributed by atoms with Crippen LogP contribution in [0.2, 0.25) is 0 Å². The molecule has 0 aliphatic carbocycles. The summed E-state index contributed by atoms with van der Waals surface area (Å²) in [6.45, 7) is 7.65. The molecule has 1 heterocycles. The van der Waals surface area contributed by atoms with Gasteiger partial charge >= 0.3 is 0 Å². The molecule has 0 radical (unpaired) electrons. The van der Waals surface area contributed by atoms with Crippen LogP contribution in [-0.4, -0.2) is 6.54 Å². The maximum atomic E-state index is 3.77. The number of halogens is 1. The molecule has 1 aromatic carbocycles. The third kappa shape index (κ3) is 4.41. The Labute approximate surface area is 140 Å². The fourth-order valence-electron chi connectivity index (χ4n) is 2.47. The summed E-state index contributed by atoms with van der Waals surface area (Å²) in [5.74, 6) is 0. The van der Waals surface area contributed by atoms with E-state index >= 15 is 0 Å². The molecule has 2 rings (SSSR count). The van der Waals surface area contributed by atoms with Crippen molar-refractivity contribution < 1.29 is 0 Å². The third-order valence-electron chi connectivity index (χ3n) is 3.71. The van der Waals surface area contributed by atoms with Crippen LogP contribution in [-0.2, 0) is 12.8 Å². The summed E-state index contributed by atoms with van der Waals surface area (Å²) in [5.41, 5.74) is 2.67. The van der Waals surface area contributed by atoms with E-state index in [-0.39, 0.29) is 0 Å². The third-order valence-corrected chi connectivity index (χ3v) is 6.04. The van der Waals surface area contributed by atoms with Gasteiger partial charge in [-0.05, 0) is 49.6 Å². The molecule has 114 valence electrons. The second-order valence-corrected chi connectivity index (χ2v) is 7.46. The first-order valence-electron chi connectivity index (χ1n) is 7.71. The first-order chi connectivity index (χ1) is 10.2. The summed E-state index contributed by atoms with van der Waals surface area (Å²) in [6, 6.07) is 11.5. The Morgan fingerprint density at radius 3 is 2.57 bits per heavy atom. The zero-order valence-corrected chi connectivity index (χ0v) is 15.5. The van der Waals surface area contributed by atoms with E-state index in [2.05, 4.69) is 72.3 Å². The molecule has 3 heteroatoms. The summed E-state index contributed by atoms with van der Waals surface area (Å²) >= 11 is 5.71. The van der Waals surface area contributed by atoms with E-state index in [4.69, 9.17) is 0 Å². The quantitative estimate of drug-likeness (QED) is 0.666. The zero-order valence-electron chi connectivity index (χ0n) is 13.1. The van der Waals surface area contributed by atoms with Crippen LogP contribution in [0.15, 0.2) is 34.8 Å². The van der Waals surface area contributed by atoms with Crippen molar-refractivity contribution in [2.45, 2.75) is 46.1 Å². The molecule has 2 aromatic rings. The Morgan fingerprint density at radius 2 is 1.90 bits per heavy atom. The van der Waals surface area contributed by atoms with Gasteiger partial charge in [0, 0.05) is 26.7 Å². The van der Waals surface area contributed by atoms with E-state index < -0.39 is 0 Å². The first kappa shape index (κ1) is 16.7. The Bertz CT molecular complexity index is 576. The fourth-order valence-corrected chi connectivity index (χ4v) is 4.02.